The average Bonchev–Trinajstić information content (AvgIpc) is 3.38. The Labute approximate surface area is 202 Å². The van der Waals surface area contributed by atoms with Gasteiger partial charge in [-0.05, 0) is 24.0 Å². The van der Waals surface area contributed by atoms with Crippen molar-refractivity contribution in [2.24, 2.45) is 23.3 Å². The number of esters is 1. The fourth-order valence-electron chi connectivity index (χ4n) is 3.75. The van der Waals surface area contributed by atoms with Crippen molar-refractivity contribution in [2.45, 2.75) is 63.7 Å². The first-order valence-corrected chi connectivity index (χ1v) is 11.2. The number of hydrogen-bond acceptors (Lipinski definition) is 11. The van der Waals surface area contributed by atoms with E-state index in [1.807, 2.05) is 6.07 Å². The van der Waals surface area contributed by atoms with E-state index < -0.39 is 54.5 Å². The largest absolute Gasteiger partial charge is 0.455 e. The minimum Gasteiger partial charge on any atom is -0.455 e. The molecule has 3 heterocycles. The zero-order valence-electron chi connectivity index (χ0n) is 20.0. The molecule has 0 bridgehead atoms. The number of aromatic nitrogens is 3. The van der Waals surface area contributed by atoms with Crippen molar-refractivity contribution in [3.05, 3.63) is 24.2 Å². The highest BCUT2D eigenvalue weighted by Crippen LogP contribution is 2.41. The second kappa shape index (κ2) is 10.2. The SMILES string of the molecule is CC(C)C(N)C(=O)Nc1ncnn2c([C@]3(C#N)O[C@H](CO)[C@@H](OC(=O)[C@@H](N)C(C)C)[C@H]3O)ccc12. The van der Waals surface area contributed by atoms with E-state index in [0.29, 0.717) is 5.52 Å². The Bertz CT molecular complexity index is 1130. The lowest BCUT2D eigenvalue weighted by Gasteiger charge is -2.25. The lowest BCUT2D eigenvalue weighted by atomic mass is 9.92. The number of nitrogens with one attached hydrogen (secondary N) is 1. The molecule has 0 saturated carbocycles. The van der Waals surface area contributed by atoms with Crippen LogP contribution < -0.4 is 16.8 Å². The summed E-state index contributed by atoms with van der Waals surface area (Å²) in [5.41, 5.74) is 10.1. The van der Waals surface area contributed by atoms with Crippen molar-refractivity contribution in [2.75, 3.05) is 11.9 Å². The number of aliphatic hydroxyl groups excluding tert-OH is 2. The molecule has 0 spiro atoms. The van der Waals surface area contributed by atoms with Crippen LogP contribution in [-0.2, 0) is 24.7 Å². The number of ether oxygens (including phenoxy) is 2. The van der Waals surface area contributed by atoms with Gasteiger partial charge in [0.25, 0.3) is 0 Å². The summed E-state index contributed by atoms with van der Waals surface area (Å²) in [5.74, 6) is -1.47. The number of fused-ring (bicyclic) bond motifs is 1. The number of amides is 1. The van der Waals surface area contributed by atoms with Crippen LogP contribution in [0.4, 0.5) is 5.82 Å². The summed E-state index contributed by atoms with van der Waals surface area (Å²) in [6.07, 6.45) is -3.10. The van der Waals surface area contributed by atoms with Gasteiger partial charge in [-0.15, -0.1) is 0 Å². The molecule has 0 aromatic carbocycles. The molecule has 2 aromatic heterocycles. The van der Waals surface area contributed by atoms with Crippen molar-refractivity contribution < 1.29 is 29.3 Å². The predicted molar refractivity (Wildman–Crippen MR) is 122 cm³/mol. The maximum absolute atomic E-state index is 12.5. The van der Waals surface area contributed by atoms with Gasteiger partial charge in [0, 0.05) is 0 Å². The van der Waals surface area contributed by atoms with E-state index in [0.717, 1.165) is 6.33 Å². The maximum atomic E-state index is 12.5. The first-order chi connectivity index (χ1) is 16.5. The molecule has 35 heavy (non-hydrogen) atoms. The van der Waals surface area contributed by atoms with Gasteiger partial charge < -0.3 is 36.5 Å². The highest BCUT2D eigenvalue weighted by atomic mass is 16.6. The van der Waals surface area contributed by atoms with Crippen LogP contribution in [0.25, 0.3) is 5.52 Å². The quantitative estimate of drug-likeness (QED) is 0.284. The summed E-state index contributed by atoms with van der Waals surface area (Å²) in [7, 11) is 0. The number of rotatable bonds is 8. The van der Waals surface area contributed by atoms with Crippen LogP contribution in [0.2, 0.25) is 0 Å². The summed E-state index contributed by atoms with van der Waals surface area (Å²) >= 11 is 0. The highest BCUT2D eigenvalue weighted by Gasteiger charge is 2.59. The van der Waals surface area contributed by atoms with E-state index in [1.54, 1.807) is 27.7 Å². The number of nitrogens with two attached hydrogens (primary N) is 2. The van der Waals surface area contributed by atoms with Crippen molar-refractivity contribution in [3.63, 3.8) is 0 Å². The Morgan fingerprint density at radius 2 is 1.94 bits per heavy atom. The molecular weight excluding hydrogens is 458 g/mol. The van der Waals surface area contributed by atoms with Crippen LogP contribution in [0.15, 0.2) is 18.5 Å². The molecule has 1 fully saturated rings. The molecule has 0 radical (unpaired) electrons. The van der Waals surface area contributed by atoms with Crippen molar-refractivity contribution in [3.8, 4) is 6.07 Å². The smallest absolute Gasteiger partial charge is 0.323 e. The van der Waals surface area contributed by atoms with Crippen LogP contribution in [0.1, 0.15) is 33.4 Å². The summed E-state index contributed by atoms with van der Waals surface area (Å²) < 4.78 is 12.4. The van der Waals surface area contributed by atoms with Crippen molar-refractivity contribution in [1.82, 2.24) is 14.6 Å². The van der Waals surface area contributed by atoms with Crippen molar-refractivity contribution >= 4 is 23.2 Å². The third-order valence-corrected chi connectivity index (χ3v) is 6.12. The van der Waals surface area contributed by atoms with Crippen LogP contribution in [0, 0.1) is 23.2 Å². The van der Waals surface area contributed by atoms with Gasteiger partial charge in [0.2, 0.25) is 11.5 Å². The first-order valence-electron chi connectivity index (χ1n) is 11.2. The maximum Gasteiger partial charge on any atom is 0.323 e. The van der Waals surface area contributed by atoms with Crippen LogP contribution in [0.5, 0.6) is 0 Å². The van der Waals surface area contributed by atoms with E-state index in [-0.39, 0.29) is 23.3 Å². The monoisotopic (exact) mass is 489 g/mol. The van der Waals surface area contributed by atoms with Gasteiger partial charge in [-0.2, -0.15) is 10.4 Å². The summed E-state index contributed by atoms with van der Waals surface area (Å²) in [6.45, 7) is 6.43. The van der Waals surface area contributed by atoms with Gasteiger partial charge in [-0.1, -0.05) is 27.7 Å². The predicted octanol–water partition coefficient (Wildman–Crippen LogP) is -0.983. The molecule has 1 aliphatic heterocycles. The molecule has 6 atom stereocenters. The molecule has 1 unspecified atom stereocenters. The Morgan fingerprint density at radius 3 is 2.51 bits per heavy atom. The van der Waals surface area contributed by atoms with Gasteiger partial charge in [-0.3, -0.25) is 9.59 Å². The Kier molecular flexibility index (Phi) is 7.73. The number of carbonyl (C=O) groups is 2. The molecule has 2 aromatic rings. The zero-order valence-corrected chi connectivity index (χ0v) is 20.0. The van der Waals surface area contributed by atoms with Crippen LogP contribution in [0.3, 0.4) is 0 Å². The Hall–Kier alpha value is -3.15. The number of carbonyl (C=O) groups excluding carboxylic acids is 2. The van der Waals surface area contributed by atoms with E-state index in [2.05, 4.69) is 15.4 Å². The zero-order chi connectivity index (χ0) is 26.1. The van der Waals surface area contributed by atoms with Crippen molar-refractivity contribution in [1.29, 1.82) is 5.26 Å². The van der Waals surface area contributed by atoms with Crippen LogP contribution in [-0.4, -0.2) is 73.7 Å². The molecule has 7 N–H and O–H groups in total. The van der Waals surface area contributed by atoms with E-state index >= 15 is 0 Å². The topological polar surface area (TPSA) is 211 Å². The third-order valence-electron chi connectivity index (χ3n) is 6.12. The minimum absolute atomic E-state index is 0.0821. The Balaban J connectivity index is 1.99. The first kappa shape index (κ1) is 26.5. The number of anilines is 1. The average molecular weight is 490 g/mol. The number of nitriles is 1. The second-order valence-corrected chi connectivity index (χ2v) is 9.19. The summed E-state index contributed by atoms with van der Waals surface area (Å²) in [6, 6.07) is 3.19. The van der Waals surface area contributed by atoms with Gasteiger partial charge in [0.1, 0.15) is 36.2 Å². The van der Waals surface area contributed by atoms with Gasteiger partial charge in [-0.25, -0.2) is 9.50 Å². The van der Waals surface area contributed by atoms with Gasteiger partial charge >= 0.3 is 5.97 Å². The molecule has 3 rings (SSSR count). The minimum atomic E-state index is -2.06. The molecule has 1 saturated heterocycles. The second-order valence-electron chi connectivity index (χ2n) is 9.19. The fourth-order valence-corrected chi connectivity index (χ4v) is 3.75. The summed E-state index contributed by atoms with van der Waals surface area (Å²) in [4.78, 5) is 29.0. The fraction of sp³-hybridized carbons (Fsp3) is 0.591. The van der Waals surface area contributed by atoms with Crippen LogP contribution >= 0.6 is 0 Å². The number of aliphatic hydroxyl groups is 2. The molecule has 190 valence electrons. The van der Waals surface area contributed by atoms with Gasteiger partial charge in [0.05, 0.1) is 18.3 Å². The number of nitrogens with zero attached hydrogens (tertiary/aromatic N) is 4. The lowest BCUT2D eigenvalue weighted by Crippen LogP contribution is -2.46. The summed E-state index contributed by atoms with van der Waals surface area (Å²) in [5, 5.41) is 37.9. The molecule has 13 nitrogen and oxygen atoms in total. The van der Waals surface area contributed by atoms with E-state index in [9.17, 15) is 25.1 Å². The molecule has 0 aliphatic carbocycles. The van der Waals surface area contributed by atoms with E-state index in [4.69, 9.17) is 20.9 Å². The Morgan fingerprint density at radius 1 is 1.29 bits per heavy atom. The molecule has 1 aliphatic rings. The third kappa shape index (κ3) is 4.71. The molecule has 13 heteroatoms. The lowest BCUT2D eigenvalue weighted by molar-refractivity contribution is -0.159. The molecule has 1 amide bonds. The van der Waals surface area contributed by atoms with Gasteiger partial charge in [0.15, 0.2) is 11.9 Å². The normalized spacial score (nSPS) is 26.0. The standard InChI is InChI=1S/C22H31N7O6/c1-10(2)15(24)20(32)28-19-12-5-6-14(29(12)27-9-26-19)22(8-23)18(31)17(13(7-30)35-22)34-21(33)16(25)11(3)4/h5-6,9-11,13,15-18,30-31H,7,24-25H2,1-4H3,(H,26,27,28,32)/t13-,15?,16+,17-,18-,22+/m1/s1. The highest BCUT2D eigenvalue weighted by molar-refractivity contribution is 5.97. The number of hydrogen-bond donors (Lipinski definition) is 5. The molecular formula is C22H31N7O6. The van der Waals surface area contributed by atoms with E-state index in [1.165, 1.54) is 16.6 Å².